The smallest absolute Gasteiger partial charge is 0.311 e. The first-order valence-corrected chi connectivity index (χ1v) is 6.46. The standard InChI is InChI=1S/C11H22O3.C2H4O2/c1-3-5-6-7-8-10(9-12)11(13)14-4-2;1-2(3)4/h10,12H,3-9H2,1-2H3;1H3,(H,3,4). The molecule has 2 N–H and O–H groups in total. The molecule has 0 aromatic carbocycles. The molecule has 0 spiro atoms. The van der Waals surface area contributed by atoms with Crippen LogP contribution in [0.3, 0.4) is 0 Å². The lowest BCUT2D eigenvalue weighted by molar-refractivity contribution is -0.149. The summed E-state index contributed by atoms with van der Waals surface area (Å²) >= 11 is 0. The van der Waals surface area contributed by atoms with Crippen molar-refractivity contribution < 1.29 is 24.5 Å². The minimum Gasteiger partial charge on any atom is -0.481 e. The summed E-state index contributed by atoms with van der Waals surface area (Å²) in [5, 5.41) is 16.4. The first kappa shape index (κ1) is 19.2. The zero-order chi connectivity index (χ0) is 14.4. The van der Waals surface area contributed by atoms with E-state index in [-0.39, 0.29) is 18.5 Å². The zero-order valence-electron chi connectivity index (χ0n) is 11.6. The first-order chi connectivity index (χ1) is 8.49. The minimum absolute atomic E-state index is 0.0923. The fourth-order valence-corrected chi connectivity index (χ4v) is 1.36. The third-order valence-electron chi connectivity index (χ3n) is 2.25. The van der Waals surface area contributed by atoms with E-state index in [1.807, 2.05) is 0 Å². The molecule has 18 heavy (non-hydrogen) atoms. The summed E-state index contributed by atoms with van der Waals surface area (Å²) in [6.07, 6.45) is 5.25. The Morgan fingerprint density at radius 3 is 2.11 bits per heavy atom. The molecule has 0 saturated heterocycles. The van der Waals surface area contributed by atoms with E-state index in [0.29, 0.717) is 6.61 Å². The van der Waals surface area contributed by atoms with Crippen molar-refractivity contribution in [3.05, 3.63) is 0 Å². The van der Waals surface area contributed by atoms with Gasteiger partial charge in [-0.25, -0.2) is 0 Å². The second kappa shape index (κ2) is 14.0. The van der Waals surface area contributed by atoms with Crippen molar-refractivity contribution in [2.75, 3.05) is 13.2 Å². The summed E-state index contributed by atoms with van der Waals surface area (Å²) in [6, 6.07) is 0. The predicted molar refractivity (Wildman–Crippen MR) is 69.3 cm³/mol. The van der Waals surface area contributed by atoms with Crippen molar-refractivity contribution in [3.63, 3.8) is 0 Å². The molecule has 0 saturated carbocycles. The van der Waals surface area contributed by atoms with Crippen LogP contribution in [-0.2, 0) is 14.3 Å². The van der Waals surface area contributed by atoms with Gasteiger partial charge in [-0.2, -0.15) is 0 Å². The molecule has 1 atom stereocenters. The lowest BCUT2D eigenvalue weighted by Gasteiger charge is -2.12. The maximum Gasteiger partial charge on any atom is 0.311 e. The van der Waals surface area contributed by atoms with Crippen LogP contribution < -0.4 is 0 Å². The molecule has 5 nitrogen and oxygen atoms in total. The number of carboxylic acid groups (broad SMARTS) is 1. The van der Waals surface area contributed by atoms with Gasteiger partial charge in [-0.1, -0.05) is 32.6 Å². The summed E-state index contributed by atoms with van der Waals surface area (Å²) in [5.74, 6) is -1.40. The number of hydrogen-bond donors (Lipinski definition) is 2. The van der Waals surface area contributed by atoms with Crippen LogP contribution in [-0.4, -0.2) is 35.4 Å². The van der Waals surface area contributed by atoms with Crippen molar-refractivity contribution in [2.45, 2.75) is 52.9 Å². The molecular formula is C13H26O5. The Morgan fingerprint density at radius 2 is 1.72 bits per heavy atom. The third kappa shape index (κ3) is 14.9. The molecule has 0 rings (SSSR count). The topological polar surface area (TPSA) is 83.8 Å². The average Bonchev–Trinajstić information content (AvgIpc) is 2.28. The van der Waals surface area contributed by atoms with Crippen LogP contribution in [0, 0.1) is 5.92 Å². The van der Waals surface area contributed by atoms with Crippen LogP contribution >= 0.6 is 0 Å². The summed E-state index contributed by atoms with van der Waals surface area (Å²) in [4.78, 5) is 20.3. The Kier molecular flexibility index (Phi) is 14.9. The van der Waals surface area contributed by atoms with Crippen LogP contribution in [0.15, 0.2) is 0 Å². The second-order valence-corrected chi connectivity index (χ2v) is 4.00. The van der Waals surface area contributed by atoms with Crippen LogP contribution in [0.5, 0.6) is 0 Å². The third-order valence-corrected chi connectivity index (χ3v) is 2.25. The largest absolute Gasteiger partial charge is 0.481 e. The molecular weight excluding hydrogens is 236 g/mol. The maximum absolute atomic E-state index is 11.3. The summed E-state index contributed by atoms with van der Waals surface area (Å²) in [6.45, 7) is 5.31. The Bertz CT molecular complexity index is 211. The molecule has 0 radical (unpaired) electrons. The van der Waals surface area contributed by atoms with E-state index >= 15 is 0 Å². The van der Waals surface area contributed by atoms with E-state index in [4.69, 9.17) is 19.7 Å². The molecule has 108 valence electrons. The number of carboxylic acids is 1. The second-order valence-electron chi connectivity index (χ2n) is 4.00. The first-order valence-electron chi connectivity index (χ1n) is 6.46. The number of rotatable bonds is 8. The number of aliphatic hydroxyl groups excluding tert-OH is 1. The number of aliphatic hydroxyl groups is 1. The highest BCUT2D eigenvalue weighted by atomic mass is 16.5. The van der Waals surface area contributed by atoms with Gasteiger partial charge in [-0.3, -0.25) is 9.59 Å². The molecule has 0 fully saturated rings. The molecule has 0 aliphatic rings. The van der Waals surface area contributed by atoms with Gasteiger partial charge in [0, 0.05) is 6.92 Å². The van der Waals surface area contributed by atoms with Gasteiger partial charge in [0.25, 0.3) is 5.97 Å². The molecule has 0 aromatic heterocycles. The number of aliphatic carboxylic acids is 1. The van der Waals surface area contributed by atoms with Gasteiger partial charge >= 0.3 is 5.97 Å². The fraction of sp³-hybridized carbons (Fsp3) is 0.846. The van der Waals surface area contributed by atoms with E-state index in [0.717, 1.165) is 26.2 Å². The van der Waals surface area contributed by atoms with E-state index in [1.165, 1.54) is 12.8 Å². The van der Waals surface area contributed by atoms with Gasteiger partial charge < -0.3 is 14.9 Å². The molecule has 0 heterocycles. The minimum atomic E-state index is -0.833. The lowest BCUT2D eigenvalue weighted by Crippen LogP contribution is -2.21. The number of esters is 1. The van der Waals surface area contributed by atoms with Crippen LogP contribution in [0.1, 0.15) is 52.9 Å². The highest BCUT2D eigenvalue weighted by Crippen LogP contribution is 2.12. The number of ether oxygens (including phenoxy) is 1. The Hall–Kier alpha value is -1.10. The van der Waals surface area contributed by atoms with E-state index in [9.17, 15) is 4.79 Å². The highest BCUT2D eigenvalue weighted by Gasteiger charge is 2.17. The molecule has 0 bridgehead atoms. The van der Waals surface area contributed by atoms with Gasteiger partial charge in [0.05, 0.1) is 19.1 Å². The maximum atomic E-state index is 11.3. The Balaban J connectivity index is 0. The molecule has 0 aromatic rings. The molecule has 5 heteroatoms. The van der Waals surface area contributed by atoms with Crippen molar-refractivity contribution >= 4 is 11.9 Å². The summed E-state index contributed by atoms with van der Waals surface area (Å²) < 4.78 is 4.85. The lowest BCUT2D eigenvalue weighted by atomic mass is 10.0. The highest BCUT2D eigenvalue weighted by molar-refractivity contribution is 5.72. The number of unbranched alkanes of at least 4 members (excludes halogenated alkanes) is 3. The van der Waals surface area contributed by atoms with E-state index in [1.54, 1.807) is 6.92 Å². The van der Waals surface area contributed by atoms with Gasteiger partial charge in [-0.15, -0.1) is 0 Å². The van der Waals surface area contributed by atoms with Crippen LogP contribution in [0.2, 0.25) is 0 Å². The SMILES string of the molecule is CC(=O)O.CCCCCCC(CO)C(=O)OCC. The quantitative estimate of drug-likeness (QED) is 0.517. The summed E-state index contributed by atoms with van der Waals surface area (Å²) in [7, 11) is 0. The van der Waals surface area contributed by atoms with Gasteiger partial charge in [0.1, 0.15) is 0 Å². The monoisotopic (exact) mass is 262 g/mol. The molecule has 0 aliphatic carbocycles. The fourth-order valence-electron chi connectivity index (χ4n) is 1.36. The number of carbonyl (C=O) groups is 2. The molecule has 0 amide bonds. The van der Waals surface area contributed by atoms with Gasteiger partial charge in [0.15, 0.2) is 0 Å². The molecule has 1 unspecified atom stereocenters. The molecule has 0 aliphatic heterocycles. The Morgan fingerprint density at radius 1 is 1.17 bits per heavy atom. The predicted octanol–water partition coefficient (Wildman–Crippen LogP) is 2.22. The van der Waals surface area contributed by atoms with Crippen molar-refractivity contribution in [2.24, 2.45) is 5.92 Å². The van der Waals surface area contributed by atoms with Crippen LogP contribution in [0.4, 0.5) is 0 Å². The van der Waals surface area contributed by atoms with E-state index in [2.05, 4.69) is 6.92 Å². The van der Waals surface area contributed by atoms with Crippen molar-refractivity contribution in [3.8, 4) is 0 Å². The van der Waals surface area contributed by atoms with Gasteiger partial charge in [0.2, 0.25) is 0 Å². The van der Waals surface area contributed by atoms with Gasteiger partial charge in [-0.05, 0) is 13.3 Å². The Labute approximate surface area is 109 Å². The van der Waals surface area contributed by atoms with Crippen molar-refractivity contribution in [1.82, 2.24) is 0 Å². The van der Waals surface area contributed by atoms with Crippen LogP contribution in [0.25, 0.3) is 0 Å². The number of hydrogen-bond acceptors (Lipinski definition) is 4. The average molecular weight is 262 g/mol. The number of carbonyl (C=O) groups excluding carboxylic acids is 1. The van der Waals surface area contributed by atoms with Crippen molar-refractivity contribution in [1.29, 1.82) is 0 Å². The summed E-state index contributed by atoms with van der Waals surface area (Å²) in [5.41, 5.74) is 0. The zero-order valence-corrected chi connectivity index (χ0v) is 11.6. The van der Waals surface area contributed by atoms with E-state index < -0.39 is 5.97 Å². The normalized spacial score (nSPS) is 11.1.